The molecular formula is C27H23ClN4O4. The van der Waals surface area contributed by atoms with Crippen molar-refractivity contribution < 1.29 is 19.1 Å². The third kappa shape index (κ3) is 5.45. The third-order valence-electron chi connectivity index (χ3n) is 5.15. The first kappa shape index (κ1) is 24.7. The number of ether oxygens (including phenoxy) is 1. The highest BCUT2D eigenvalue weighted by molar-refractivity contribution is 6.32. The number of benzene rings is 3. The Morgan fingerprint density at radius 3 is 2.47 bits per heavy atom. The van der Waals surface area contributed by atoms with Gasteiger partial charge in [0.1, 0.15) is 11.4 Å². The minimum absolute atomic E-state index is 0.119. The van der Waals surface area contributed by atoms with E-state index >= 15 is 0 Å². The quantitative estimate of drug-likeness (QED) is 0.458. The van der Waals surface area contributed by atoms with Gasteiger partial charge in [-0.2, -0.15) is 5.01 Å². The van der Waals surface area contributed by atoms with E-state index in [1.807, 2.05) is 18.2 Å². The zero-order chi connectivity index (χ0) is 25.7. The Hall–Kier alpha value is -4.43. The minimum Gasteiger partial charge on any atom is -0.493 e. The van der Waals surface area contributed by atoms with Crippen molar-refractivity contribution in [3.8, 4) is 5.75 Å². The molecule has 0 fully saturated rings. The van der Waals surface area contributed by atoms with Crippen LogP contribution >= 0.6 is 11.6 Å². The van der Waals surface area contributed by atoms with Crippen LogP contribution in [0.25, 0.3) is 6.08 Å². The lowest BCUT2D eigenvalue weighted by Crippen LogP contribution is -2.47. The molecule has 3 aromatic carbocycles. The normalized spacial score (nSPS) is 14.0. The first-order valence-corrected chi connectivity index (χ1v) is 11.6. The van der Waals surface area contributed by atoms with Crippen LogP contribution in [0.5, 0.6) is 5.75 Å². The molecule has 9 heteroatoms. The van der Waals surface area contributed by atoms with Crippen LogP contribution in [0.4, 0.5) is 5.69 Å². The summed E-state index contributed by atoms with van der Waals surface area (Å²) >= 11 is 6.27. The number of aliphatic imine (C=N–C) groups is 1. The topological polar surface area (TPSA) is 100 Å². The first-order valence-electron chi connectivity index (χ1n) is 11.2. The van der Waals surface area contributed by atoms with Crippen molar-refractivity contribution in [1.82, 2.24) is 10.4 Å². The van der Waals surface area contributed by atoms with Gasteiger partial charge in [-0.25, -0.2) is 4.99 Å². The fourth-order valence-electron chi connectivity index (χ4n) is 3.57. The van der Waals surface area contributed by atoms with Crippen LogP contribution in [-0.2, 0) is 9.59 Å². The molecule has 4 rings (SSSR count). The monoisotopic (exact) mass is 502 g/mol. The van der Waals surface area contributed by atoms with Gasteiger partial charge in [0.2, 0.25) is 5.91 Å². The SMILES string of the molecule is CCOc1cc(NC(C)=O)ccc1C(=O)NN1C(=O)/C(=C/c2ccccc2Cl)N=C1c1ccccc1. The number of nitrogens with zero attached hydrogens (tertiary/aromatic N) is 2. The smallest absolute Gasteiger partial charge is 0.297 e. The lowest BCUT2D eigenvalue weighted by molar-refractivity contribution is -0.124. The molecule has 182 valence electrons. The number of halogens is 1. The Kier molecular flexibility index (Phi) is 7.46. The van der Waals surface area contributed by atoms with Crippen LogP contribution in [0, 0.1) is 0 Å². The van der Waals surface area contributed by atoms with Crippen LogP contribution in [0.15, 0.2) is 83.5 Å². The molecule has 8 nitrogen and oxygen atoms in total. The molecule has 0 unspecified atom stereocenters. The van der Waals surface area contributed by atoms with Crippen molar-refractivity contribution in [1.29, 1.82) is 0 Å². The Morgan fingerprint density at radius 2 is 1.78 bits per heavy atom. The second-order valence-corrected chi connectivity index (χ2v) is 8.17. The lowest BCUT2D eigenvalue weighted by Gasteiger charge is -2.20. The van der Waals surface area contributed by atoms with Gasteiger partial charge < -0.3 is 10.1 Å². The van der Waals surface area contributed by atoms with Crippen molar-refractivity contribution >= 4 is 46.9 Å². The van der Waals surface area contributed by atoms with Gasteiger partial charge in [-0.05, 0) is 36.8 Å². The molecule has 0 aliphatic carbocycles. The molecule has 1 aliphatic rings. The Balaban J connectivity index is 1.69. The molecule has 0 saturated heterocycles. The average molecular weight is 503 g/mol. The summed E-state index contributed by atoms with van der Waals surface area (Å²) in [5.41, 5.74) is 4.71. The summed E-state index contributed by atoms with van der Waals surface area (Å²) in [6.45, 7) is 3.47. The van der Waals surface area contributed by atoms with Crippen molar-refractivity contribution in [2.24, 2.45) is 4.99 Å². The molecule has 3 amide bonds. The number of nitrogens with one attached hydrogen (secondary N) is 2. The predicted octanol–water partition coefficient (Wildman–Crippen LogP) is 4.67. The largest absolute Gasteiger partial charge is 0.493 e. The lowest BCUT2D eigenvalue weighted by atomic mass is 10.1. The van der Waals surface area contributed by atoms with Crippen LogP contribution in [-0.4, -0.2) is 35.2 Å². The Bertz CT molecular complexity index is 1390. The van der Waals surface area contributed by atoms with Crippen molar-refractivity contribution in [2.75, 3.05) is 11.9 Å². The van der Waals surface area contributed by atoms with Gasteiger partial charge in [-0.3, -0.25) is 19.8 Å². The maximum Gasteiger partial charge on any atom is 0.297 e. The highest BCUT2D eigenvalue weighted by Gasteiger charge is 2.33. The summed E-state index contributed by atoms with van der Waals surface area (Å²) in [5, 5.41) is 4.24. The van der Waals surface area contributed by atoms with Crippen LogP contribution in [0.2, 0.25) is 5.02 Å². The molecular weight excluding hydrogens is 480 g/mol. The van der Waals surface area contributed by atoms with Gasteiger partial charge in [0.15, 0.2) is 5.84 Å². The number of anilines is 1. The standard InChI is InChI=1S/C27H23ClN4O4/c1-3-36-24-16-20(29-17(2)33)13-14-21(24)26(34)31-32-25(18-9-5-4-6-10-18)30-23(27(32)35)15-19-11-7-8-12-22(19)28/h4-16H,3H2,1-2H3,(H,29,33)(H,31,34)/b23-15-. The first-order chi connectivity index (χ1) is 17.4. The van der Waals surface area contributed by atoms with Crippen molar-refractivity contribution in [3.63, 3.8) is 0 Å². The van der Waals surface area contributed by atoms with E-state index in [0.717, 1.165) is 5.01 Å². The molecule has 0 radical (unpaired) electrons. The van der Waals surface area contributed by atoms with E-state index in [1.165, 1.54) is 13.0 Å². The van der Waals surface area contributed by atoms with E-state index in [0.29, 0.717) is 28.4 Å². The fourth-order valence-corrected chi connectivity index (χ4v) is 3.76. The molecule has 0 spiro atoms. The Labute approximate surface area is 213 Å². The fraction of sp³-hybridized carbons (Fsp3) is 0.111. The maximum atomic E-state index is 13.4. The van der Waals surface area contributed by atoms with Crippen LogP contribution < -0.4 is 15.5 Å². The van der Waals surface area contributed by atoms with Crippen LogP contribution in [0.1, 0.15) is 35.3 Å². The summed E-state index contributed by atoms with van der Waals surface area (Å²) in [7, 11) is 0. The molecule has 3 aromatic rings. The highest BCUT2D eigenvalue weighted by Crippen LogP contribution is 2.26. The van der Waals surface area contributed by atoms with Gasteiger partial charge in [-0.1, -0.05) is 60.1 Å². The third-order valence-corrected chi connectivity index (χ3v) is 5.49. The minimum atomic E-state index is -0.580. The molecule has 0 aromatic heterocycles. The maximum absolute atomic E-state index is 13.4. The number of carbonyl (C=O) groups is 3. The van der Waals surface area contributed by atoms with Gasteiger partial charge in [-0.15, -0.1) is 0 Å². The summed E-state index contributed by atoms with van der Waals surface area (Å²) < 4.78 is 5.62. The van der Waals surface area contributed by atoms with E-state index in [-0.39, 0.29) is 28.8 Å². The number of carbonyl (C=O) groups excluding carboxylic acids is 3. The number of amidine groups is 1. The van der Waals surface area contributed by atoms with E-state index in [1.54, 1.807) is 61.5 Å². The molecule has 2 N–H and O–H groups in total. The van der Waals surface area contributed by atoms with E-state index < -0.39 is 11.8 Å². The van der Waals surface area contributed by atoms with Gasteiger partial charge >= 0.3 is 0 Å². The molecule has 36 heavy (non-hydrogen) atoms. The zero-order valence-electron chi connectivity index (χ0n) is 19.6. The number of amides is 3. The van der Waals surface area contributed by atoms with Gasteiger partial charge in [0.05, 0.1) is 12.2 Å². The number of rotatable bonds is 7. The average Bonchev–Trinajstić information content (AvgIpc) is 3.16. The summed E-state index contributed by atoms with van der Waals surface area (Å²) in [6, 6.07) is 20.8. The van der Waals surface area contributed by atoms with Crippen LogP contribution in [0.3, 0.4) is 0 Å². The highest BCUT2D eigenvalue weighted by atomic mass is 35.5. The van der Waals surface area contributed by atoms with Gasteiger partial charge in [0, 0.05) is 29.3 Å². The number of hydrogen-bond donors (Lipinski definition) is 2. The summed E-state index contributed by atoms with van der Waals surface area (Å²) in [4.78, 5) is 42.6. The molecule has 0 bridgehead atoms. The predicted molar refractivity (Wildman–Crippen MR) is 139 cm³/mol. The van der Waals surface area contributed by atoms with Crippen molar-refractivity contribution in [3.05, 3.63) is 100 Å². The van der Waals surface area contributed by atoms with E-state index in [2.05, 4.69) is 15.7 Å². The second kappa shape index (κ2) is 10.9. The van der Waals surface area contributed by atoms with E-state index in [4.69, 9.17) is 16.3 Å². The summed E-state index contributed by atoms with van der Waals surface area (Å²) in [5.74, 6) is -0.823. The molecule has 1 heterocycles. The zero-order valence-corrected chi connectivity index (χ0v) is 20.4. The van der Waals surface area contributed by atoms with Crippen molar-refractivity contribution in [2.45, 2.75) is 13.8 Å². The molecule has 0 atom stereocenters. The molecule has 1 aliphatic heterocycles. The van der Waals surface area contributed by atoms with E-state index in [9.17, 15) is 14.4 Å². The second-order valence-electron chi connectivity index (χ2n) is 7.76. The Morgan fingerprint density at radius 1 is 1.06 bits per heavy atom. The van der Waals surface area contributed by atoms with Gasteiger partial charge in [0.25, 0.3) is 11.8 Å². The molecule has 0 saturated carbocycles. The number of hydrazine groups is 1. The number of hydrogen-bond acceptors (Lipinski definition) is 5. The summed E-state index contributed by atoms with van der Waals surface area (Å²) in [6.07, 6.45) is 1.58.